The van der Waals surface area contributed by atoms with E-state index in [0.717, 1.165) is 0 Å². The van der Waals surface area contributed by atoms with E-state index in [2.05, 4.69) is 39.0 Å². The molecule has 3 heteroatoms. The minimum atomic E-state index is -2.31. The van der Waals surface area contributed by atoms with Gasteiger partial charge in [0.1, 0.15) is 0 Å². The van der Waals surface area contributed by atoms with Crippen molar-refractivity contribution in [1.82, 2.24) is 0 Å². The molecule has 0 heterocycles. The van der Waals surface area contributed by atoms with Gasteiger partial charge in [-0.05, 0) is 50.3 Å². The molecule has 0 spiro atoms. The van der Waals surface area contributed by atoms with Crippen LogP contribution >= 0.6 is 0 Å². The Balaban J connectivity index is 2.12. The summed E-state index contributed by atoms with van der Waals surface area (Å²) in [6, 6.07) is 4.64. The predicted molar refractivity (Wildman–Crippen MR) is 94.3 cm³/mol. The summed E-state index contributed by atoms with van der Waals surface area (Å²) >= 11 is 0. The van der Waals surface area contributed by atoms with Crippen LogP contribution in [0, 0.1) is 13.8 Å². The number of allylic oxidation sites excluding steroid dienone is 1. The van der Waals surface area contributed by atoms with Crippen molar-refractivity contribution in [2.75, 3.05) is 14.2 Å². The number of benzene rings is 1. The predicted octanol–water partition coefficient (Wildman–Crippen LogP) is 5.02. The molecule has 0 aromatic heterocycles. The fraction of sp³-hybridized carbons (Fsp3) is 0.579. The Morgan fingerprint density at radius 1 is 1.00 bits per heavy atom. The van der Waals surface area contributed by atoms with Gasteiger partial charge in [0, 0.05) is 25.3 Å². The lowest BCUT2D eigenvalue weighted by molar-refractivity contribution is 0.220. The Bertz CT molecular complexity index is 596. The standard InChI is InChI=1S/C19H28O2Si/c1-13-10-14(2)17-12-15(3)19(18(17)11-13)22(20-4,21-5)16-8-6-7-9-16/h10-12,16,19H,6-9H2,1-5H3. The Hall–Kier alpha value is -0.903. The zero-order valence-electron chi connectivity index (χ0n) is 14.5. The topological polar surface area (TPSA) is 18.5 Å². The molecule has 2 aliphatic carbocycles. The Morgan fingerprint density at radius 3 is 2.23 bits per heavy atom. The van der Waals surface area contributed by atoms with Gasteiger partial charge in [0.25, 0.3) is 0 Å². The van der Waals surface area contributed by atoms with E-state index < -0.39 is 8.56 Å². The third-order valence-electron chi connectivity index (χ3n) is 5.67. The maximum absolute atomic E-state index is 6.24. The van der Waals surface area contributed by atoms with Crippen molar-refractivity contribution in [1.29, 1.82) is 0 Å². The van der Waals surface area contributed by atoms with Crippen LogP contribution in [0.4, 0.5) is 0 Å². The molecular formula is C19H28O2Si. The summed E-state index contributed by atoms with van der Waals surface area (Å²) < 4.78 is 12.5. The van der Waals surface area contributed by atoms with E-state index in [1.54, 1.807) is 0 Å². The SMILES string of the molecule is CO[Si](OC)(C1CCCC1)C1C(C)=Cc2c(C)cc(C)cc21. The van der Waals surface area contributed by atoms with Crippen LogP contribution in [0.25, 0.3) is 6.08 Å². The van der Waals surface area contributed by atoms with Crippen molar-refractivity contribution in [3.8, 4) is 0 Å². The molecule has 1 saturated carbocycles. The van der Waals surface area contributed by atoms with Gasteiger partial charge in [0.05, 0.1) is 0 Å². The number of fused-ring (bicyclic) bond motifs is 1. The molecule has 0 aliphatic heterocycles. The van der Waals surface area contributed by atoms with Crippen molar-refractivity contribution in [3.05, 3.63) is 40.0 Å². The molecule has 120 valence electrons. The Kier molecular flexibility index (Phi) is 4.32. The highest BCUT2D eigenvalue weighted by atomic mass is 28.4. The van der Waals surface area contributed by atoms with Crippen molar-refractivity contribution in [2.45, 2.75) is 57.5 Å². The van der Waals surface area contributed by atoms with Crippen LogP contribution < -0.4 is 0 Å². The average molecular weight is 317 g/mol. The van der Waals surface area contributed by atoms with Crippen LogP contribution in [-0.2, 0) is 8.85 Å². The quantitative estimate of drug-likeness (QED) is 0.726. The first-order chi connectivity index (χ1) is 10.5. The van der Waals surface area contributed by atoms with E-state index >= 15 is 0 Å². The molecule has 0 N–H and O–H groups in total. The van der Waals surface area contributed by atoms with Gasteiger partial charge in [-0.25, -0.2) is 0 Å². The second-order valence-electron chi connectivity index (χ2n) is 7.02. The molecule has 0 amide bonds. The molecule has 0 saturated heterocycles. The van der Waals surface area contributed by atoms with E-state index in [0.29, 0.717) is 11.1 Å². The minimum absolute atomic E-state index is 0.346. The smallest absolute Gasteiger partial charge is 0.352 e. The molecule has 0 bridgehead atoms. The summed E-state index contributed by atoms with van der Waals surface area (Å²) in [6.45, 7) is 6.67. The molecule has 22 heavy (non-hydrogen) atoms. The van der Waals surface area contributed by atoms with Gasteiger partial charge >= 0.3 is 8.56 Å². The summed E-state index contributed by atoms with van der Waals surface area (Å²) in [5, 5.41) is 0. The summed E-state index contributed by atoms with van der Waals surface area (Å²) in [6.07, 6.45) is 7.53. The monoisotopic (exact) mass is 316 g/mol. The lowest BCUT2D eigenvalue weighted by atomic mass is 10.0. The first kappa shape index (κ1) is 16.0. The van der Waals surface area contributed by atoms with Gasteiger partial charge in [-0.3, -0.25) is 0 Å². The Morgan fingerprint density at radius 2 is 1.64 bits per heavy atom. The minimum Gasteiger partial charge on any atom is -0.397 e. The van der Waals surface area contributed by atoms with E-state index in [-0.39, 0.29) is 0 Å². The van der Waals surface area contributed by atoms with Crippen molar-refractivity contribution in [2.24, 2.45) is 0 Å². The molecule has 3 rings (SSSR count). The molecule has 1 aromatic carbocycles. The second kappa shape index (κ2) is 5.95. The third-order valence-corrected chi connectivity index (χ3v) is 10.2. The van der Waals surface area contributed by atoms with Crippen molar-refractivity contribution in [3.63, 3.8) is 0 Å². The van der Waals surface area contributed by atoms with E-state index in [1.807, 2.05) is 14.2 Å². The van der Waals surface area contributed by atoms with Crippen LogP contribution in [-0.4, -0.2) is 22.8 Å². The van der Waals surface area contributed by atoms with Crippen molar-refractivity contribution >= 4 is 14.6 Å². The van der Waals surface area contributed by atoms with E-state index in [1.165, 1.54) is 53.5 Å². The summed E-state index contributed by atoms with van der Waals surface area (Å²) in [5.74, 6) is 0. The highest BCUT2D eigenvalue weighted by Crippen LogP contribution is 2.52. The van der Waals surface area contributed by atoms with Gasteiger partial charge in [-0.15, -0.1) is 0 Å². The average Bonchev–Trinajstić information content (AvgIpc) is 3.11. The number of aryl methyl sites for hydroxylation is 2. The molecule has 1 unspecified atom stereocenters. The van der Waals surface area contributed by atoms with Crippen LogP contribution in [0.5, 0.6) is 0 Å². The highest BCUT2D eigenvalue weighted by Gasteiger charge is 2.54. The summed E-state index contributed by atoms with van der Waals surface area (Å²) in [7, 11) is 1.45. The normalized spacial score (nSPS) is 22.0. The summed E-state index contributed by atoms with van der Waals surface area (Å²) in [5.41, 5.74) is 7.94. The summed E-state index contributed by atoms with van der Waals surface area (Å²) in [4.78, 5) is 0. The maximum Gasteiger partial charge on any atom is 0.352 e. The molecule has 1 fully saturated rings. The van der Waals surface area contributed by atoms with Crippen molar-refractivity contribution < 1.29 is 8.85 Å². The van der Waals surface area contributed by atoms with Gasteiger partial charge in [-0.1, -0.05) is 42.2 Å². The fourth-order valence-electron chi connectivity index (χ4n) is 4.75. The number of rotatable bonds is 4. The number of hydrogen-bond acceptors (Lipinski definition) is 2. The zero-order valence-corrected chi connectivity index (χ0v) is 15.5. The Labute approximate surface area is 135 Å². The zero-order chi connectivity index (χ0) is 15.9. The lowest BCUT2D eigenvalue weighted by Crippen LogP contribution is -2.50. The second-order valence-corrected chi connectivity index (χ2v) is 10.7. The van der Waals surface area contributed by atoms with Crippen LogP contribution in [0.15, 0.2) is 17.7 Å². The van der Waals surface area contributed by atoms with Gasteiger partial charge < -0.3 is 8.85 Å². The van der Waals surface area contributed by atoms with Gasteiger partial charge in [0.2, 0.25) is 0 Å². The van der Waals surface area contributed by atoms with E-state index in [4.69, 9.17) is 8.85 Å². The number of hydrogen-bond donors (Lipinski definition) is 0. The molecule has 1 aromatic rings. The molecule has 1 atom stereocenters. The molecular weight excluding hydrogens is 288 g/mol. The first-order valence-corrected chi connectivity index (χ1v) is 10.4. The third kappa shape index (κ3) is 2.30. The maximum atomic E-state index is 6.24. The van der Waals surface area contributed by atoms with Crippen LogP contribution in [0.1, 0.15) is 60.4 Å². The van der Waals surface area contributed by atoms with Crippen LogP contribution in [0.3, 0.4) is 0 Å². The van der Waals surface area contributed by atoms with E-state index in [9.17, 15) is 0 Å². The molecule has 0 radical (unpaired) electrons. The fourth-order valence-corrected chi connectivity index (χ4v) is 9.13. The largest absolute Gasteiger partial charge is 0.397 e. The first-order valence-electron chi connectivity index (χ1n) is 8.43. The van der Waals surface area contributed by atoms with Gasteiger partial charge in [0.15, 0.2) is 0 Å². The molecule has 2 aliphatic rings. The van der Waals surface area contributed by atoms with Crippen LogP contribution in [0.2, 0.25) is 5.54 Å². The van der Waals surface area contributed by atoms with Gasteiger partial charge in [-0.2, -0.15) is 0 Å². The molecule has 2 nitrogen and oxygen atoms in total. The highest BCUT2D eigenvalue weighted by molar-refractivity contribution is 6.71. The lowest BCUT2D eigenvalue weighted by Gasteiger charge is -2.39.